The Kier molecular flexibility index (Phi) is 3.95. The molecule has 1 aromatic carbocycles. The summed E-state index contributed by atoms with van der Waals surface area (Å²) in [5, 5.41) is 8.89. The number of nitrogens with zero attached hydrogens (tertiary/aromatic N) is 1. The van der Waals surface area contributed by atoms with Crippen LogP contribution in [0.4, 0.5) is 0 Å². The molecule has 0 heterocycles. The van der Waals surface area contributed by atoms with Crippen LogP contribution in [0.1, 0.15) is 11.7 Å². The lowest BCUT2D eigenvalue weighted by Crippen LogP contribution is -2.01. The van der Waals surface area contributed by atoms with Gasteiger partial charge < -0.3 is 14.2 Å². The van der Waals surface area contributed by atoms with Crippen molar-refractivity contribution in [2.75, 3.05) is 21.3 Å². The first-order chi connectivity index (χ1) is 7.26. The number of methoxy groups -OCH3 is 3. The van der Waals surface area contributed by atoms with Crippen molar-refractivity contribution in [2.24, 2.45) is 0 Å². The van der Waals surface area contributed by atoms with E-state index in [2.05, 4.69) is 0 Å². The average molecular weight is 207 g/mol. The maximum atomic E-state index is 8.89. The van der Waals surface area contributed by atoms with Crippen molar-refractivity contribution in [1.29, 1.82) is 5.26 Å². The van der Waals surface area contributed by atoms with Crippen molar-refractivity contribution >= 4 is 0 Å². The molecule has 1 aromatic rings. The first-order valence-corrected chi connectivity index (χ1v) is 4.41. The largest absolute Gasteiger partial charge is 0.497 e. The van der Waals surface area contributed by atoms with Crippen LogP contribution >= 0.6 is 0 Å². The molecule has 0 radical (unpaired) electrons. The molecule has 0 spiro atoms. The van der Waals surface area contributed by atoms with E-state index < -0.39 is 6.10 Å². The van der Waals surface area contributed by atoms with E-state index in [-0.39, 0.29) is 0 Å². The summed E-state index contributed by atoms with van der Waals surface area (Å²) in [6.07, 6.45) is -0.643. The van der Waals surface area contributed by atoms with E-state index in [4.69, 9.17) is 19.5 Å². The van der Waals surface area contributed by atoms with Gasteiger partial charge in [-0.2, -0.15) is 5.26 Å². The van der Waals surface area contributed by atoms with Gasteiger partial charge in [0.25, 0.3) is 0 Å². The van der Waals surface area contributed by atoms with Gasteiger partial charge in [-0.05, 0) is 18.2 Å². The van der Waals surface area contributed by atoms with Crippen LogP contribution in [-0.2, 0) is 4.74 Å². The summed E-state index contributed by atoms with van der Waals surface area (Å²) in [5.41, 5.74) is 0.668. The zero-order chi connectivity index (χ0) is 11.3. The number of hydrogen-bond donors (Lipinski definition) is 0. The van der Waals surface area contributed by atoms with Crippen LogP contribution in [0.25, 0.3) is 0 Å². The Hall–Kier alpha value is -1.73. The molecule has 80 valence electrons. The third-order valence-electron chi connectivity index (χ3n) is 2.07. The van der Waals surface area contributed by atoms with E-state index in [9.17, 15) is 0 Å². The van der Waals surface area contributed by atoms with Crippen LogP contribution in [-0.4, -0.2) is 21.3 Å². The zero-order valence-corrected chi connectivity index (χ0v) is 8.98. The van der Waals surface area contributed by atoms with E-state index in [1.807, 2.05) is 6.07 Å². The average Bonchev–Trinajstić information content (AvgIpc) is 2.30. The number of nitriles is 1. The standard InChI is InChI=1S/C11H13NO3/c1-13-8-4-5-10(14-2)9(6-8)11(7-12)15-3/h4-6,11H,1-3H3. The highest BCUT2D eigenvalue weighted by molar-refractivity contribution is 5.43. The molecule has 0 aliphatic rings. The van der Waals surface area contributed by atoms with Gasteiger partial charge in [-0.3, -0.25) is 0 Å². The summed E-state index contributed by atoms with van der Waals surface area (Å²) in [6, 6.07) is 7.29. The molecule has 0 N–H and O–H groups in total. The zero-order valence-electron chi connectivity index (χ0n) is 8.98. The third-order valence-corrected chi connectivity index (χ3v) is 2.07. The van der Waals surface area contributed by atoms with E-state index in [1.165, 1.54) is 7.11 Å². The van der Waals surface area contributed by atoms with Gasteiger partial charge in [-0.1, -0.05) is 0 Å². The quantitative estimate of drug-likeness (QED) is 0.756. The van der Waals surface area contributed by atoms with E-state index in [0.717, 1.165) is 0 Å². The Labute approximate surface area is 89.0 Å². The highest BCUT2D eigenvalue weighted by atomic mass is 16.5. The summed E-state index contributed by atoms with van der Waals surface area (Å²) in [5.74, 6) is 1.28. The van der Waals surface area contributed by atoms with Gasteiger partial charge in [0.2, 0.25) is 0 Å². The number of ether oxygens (including phenoxy) is 3. The third kappa shape index (κ3) is 2.39. The van der Waals surface area contributed by atoms with Gasteiger partial charge in [-0.25, -0.2) is 0 Å². The fourth-order valence-electron chi connectivity index (χ4n) is 1.29. The predicted molar refractivity (Wildman–Crippen MR) is 54.9 cm³/mol. The molecule has 1 unspecified atom stereocenters. The molecule has 0 aromatic heterocycles. The van der Waals surface area contributed by atoms with E-state index in [0.29, 0.717) is 17.1 Å². The molecular weight excluding hydrogens is 194 g/mol. The lowest BCUT2D eigenvalue weighted by atomic mass is 10.1. The highest BCUT2D eigenvalue weighted by Gasteiger charge is 2.15. The molecule has 0 aliphatic heterocycles. The fourth-order valence-corrected chi connectivity index (χ4v) is 1.29. The van der Waals surface area contributed by atoms with Gasteiger partial charge in [0.05, 0.1) is 20.3 Å². The first-order valence-electron chi connectivity index (χ1n) is 4.41. The Morgan fingerprint density at radius 3 is 2.40 bits per heavy atom. The van der Waals surface area contributed by atoms with Gasteiger partial charge >= 0.3 is 0 Å². The fraction of sp³-hybridized carbons (Fsp3) is 0.364. The first kappa shape index (κ1) is 11.3. The predicted octanol–water partition coefficient (Wildman–Crippen LogP) is 1.91. The Bertz CT molecular complexity index is 371. The van der Waals surface area contributed by atoms with E-state index in [1.54, 1.807) is 32.4 Å². The molecule has 0 saturated carbocycles. The molecule has 0 amide bonds. The van der Waals surface area contributed by atoms with Gasteiger partial charge in [0, 0.05) is 12.7 Å². The SMILES string of the molecule is COc1ccc(OC)c(C(C#N)OC)c1. The maximum absolute atomic E-state index is 8.89. The van der Waals surface area contributed by atoms with Crippen LogP contribution in [0, 0.1) is 11.3 Å². The van der Waals surface area contributed by atoms with Crippen molar-refractivity contribution in [1.82, 2.24) is 0 Å². The molecule has 1 rings (SSSR count). The molecule has 0 aliphatic carbocycles. The van der Waals surface area contributed by atoms with Crippen LogP contribution < -0.4 is 9.47 Å². The molecular formula is C11H13NO3. The topological polar surface area (TPSA) is 51.5 Å². The Balaban J connectivity index is 3.17. The van der Waals surface area contributed by atoms with Crippen molar-refractivity contribution < 1.29 is 14.2 Å². The van der Waals surface area contributed by atoms with Crippen LogP contribution in [0.2, 0.25) is 0 Å². The minimum atomic E-state index is -0.643. The van der Waals surface area contributed by atoms with Crippen molar-refractivity contribution in [3.8, 4) is 17.6 Å². The monoisotopic (exact) mass is 207 g/mol. The minimum Gasteiger partial charge on any atom is -0.497 e. The second kappa shape index (κ2) is 5.23. The van der Waals surface area contributed by atoms with Crippen LogP contribution in [0.3, 0.4) is 0 Å². The summed E-state index contributed by atoms with van der Waals surface area (Å²) >= 11 is 0. The van der Waals surface area contributed by atoms with Crippen molar-refractivity contribution in [2.45, 2.75) is 6.10 Å². The summed E-state index contributed by atoms with van der Waals surface area (Å²) in [7, 11) is 4.60. The number of hydrogen-bond acceptors (Lipinski definition) is 4. The Morgan fingerprint density at radius 1 is 1.20 bits per heavy atom. The van der Waals surface area contributed by atoms with Crippen LogP contribution in [0.5, 0.6) is 11.5 Å². The molecule has 0 fully saturated rings. The highest BCUT2D eigenvalue weighted by Crippen LogP contribution is 2.30. The summed E-state index contributed by atoms with van der Waals surface area (Å²) in [6.45, 7) is 0. The van der Waals surface area contributed by atoms with Gasteiger partial charge in [0.1, 0.15) is 11.5 Å². The minimum absolute atomic E-state index is 0.615. The normalized spacial score (nSPS) is 11.6. The number of benzene rings is 1. The maximum Gasteiger partial charge on any atom is 0.172 e. The second-order valence-corrected chi connectivity index (χ2v) is 2.85. The molecule has 0 bridgehead atoms. The van der Waals surface area contributed by atoms with Crippen LogP contribution in [0.15, 0.2) is 18.2 Å². The molecule has 4 nitrogen and oxygen atoms in total. The van der Waals surface area contributed by atoms with E-state index >= 15 is 0 Å². The molecule has 15 heavy (non-hydrogen) atoms. The van der Waals surface area contributed by atoms with Crippen molar-refractivity contribution in [3.63, 3.8) is 0 Å². The molecule has 0 saturated heterocycles. The van der Waals surface area contributed by atoms with Gasteiger partial charge in [0.15, 0.2) is 6.10 Å². The summed E-state index contributed by atoms with van der Waals surface area (Å²) < 4.78 is 15.2. The second-order valence-electron chi connectivity index (χ2n) is 2.85. The lowest BCUT2D eigenvalue weighted by molar-refractivity contribution is 0.145. The lowest BCUT2D eigenvalue weighted by Gasteiger charge is -2.13. The smallest absolute Gasteiger partial charge is 0.172 e. The van der Waals surface area contributed by atoms with Gasteiger partial charge in [-0.15, -0.1) is 0 Å². The molecule has 4 heteroatoms. The number of rotatable bonds is 4. The molecule has 1 atom stereocenters. The van der Waals surface area contributed by atoms with Crippen molar-refractivity contribution in [3.05, 3.63) is 23.8 Å². The Morgan fingerprint density at radius 2 is 1.93 bits per heavy atom. The summed E-state index contributed by atoms with van der Waals surface area (Å²) in [4.78, 5) is 0.